The summed E-state index contributed by atoms with van der Waals surface area (Å²) >= 11 is 0. The van der Waals surface area contributed by atoms with E-state index in [1.54, 1.807) is 92.7 Å². The molecule has 14 N–H and O–H groups in total. The van der Waals surface area contributed by atoms with Crippen LogP contribution in [-0.4, -0.2) is 130 Å². The van der Waals surface area contributed by atoms with Crippen molar-refractivity contribution in [3.63, 3.8) is 0 Å². The lowest BCUT2D eigenvalue weighted by molar-refractivity contribution is -0.143. The number of carbonyl (C=O) groups is 9. The number of unbranched alkanes of at least 4 members (excludes halogenated alkanes) is 2. The molecular weight excluding hydrogens is 1120 g/mol. The van der Waals surface area contributed by atoms with Crippen LogP contribution in [0.25, 0.3) is 0 Å². The first-order valence-electron chi connectivity index (χ1n) is 29.3. The predicted octanol–water partition coefficient (Wildman–Crippen LogP) is 3.45. The zero-order chi connectivity index (χ0) is 62.7. The Balaban J connectivity index is 0.974. The lowest BCUT2D eigenvalue weighted by Gasteiger charge is -2.36. The van der Waals surface area contributed by atoms with Crippen LogP contribution in [0.2, 0.25) is 0 Å². The second-order valence-corrected chi connectivity index (χ2v) is 22.6. The van der Waals surface area contributed by atoms with Crippen LogP contribution in [0.1, 0.15) is 134 Å². The molecule has 3 aliphatic heterocycles. The van der Waals surface area contributed by atoms with Gasteiger partial charge in [0.05, 0.1) is 11.6 Å². The van der Waals surface area contributed by atoms with Gasteiger partial charge in [-0.3, -0.25) is 38.4 Å². The summed E-state index contributed by atoms with van der Waals surface area (Å²) in [4.78, 5) is 126. The standard InChI is InChI=1S/C64H76N10O13/c1-35(2)53(72-56(78)36(3)66)62(84)74-31-15-22-49(74)60(82)73-54(52(38-16-7-5-8-17-38)39-18-9-6-10-19-39)61(83)69-37(4)57(79)71-48(59(81)70-47(55(67)77)20-11-13-29-65)21-12-14-30-68-58(80)40-23-26-44-43(32-40)63(85)87-64(44)45-27-24-41(75)33-50(45)86-51-34-42(76)25-28-46(51)64/h5-10,16-19,23-28,32-37,47-49,52-54,75-76H,11-15,20-22,29-31,65-66H2,1-4H3,(H2,67,77)(H,68,80)(H,69,83)(H,70,81)(H,71,79)(H,72,78)(H,73,82)/t36-,37-,47-,48-,49-,53?,54-/m0/s1. The van der Waals surface area contributed by atoms with Crippen molar-refractivity contribution in [1.82, 2.24) is 36.8 Å². The van der Waals surface area contributed by atoms with Gasteiger partial charge in [0.25, 0.3) is 5.91 Å². The molecule has 1 spiro atoms. The van der Waals surface area contributed by atoms with E-state index in [-0.39, 0.29) is 85.2 Å². The number of hydrogen-bond donors (Lipinski definition) is 11. The zero-order valence-electron chi connectivity index (χ0n) is 49.0. The van der Waals surface area contributed by atoms with Gasteiger partial charge >= 0.3 is 5.97 Å². The van der Waals surface area contributed by atoms with Crippen LogP contribution < -0.4 is 53.8 Å². The first-order chi connectivity index (χ1) is 41.6. The predicted molar refractivity (Wildman–Crippen MR) is 320 cm³/mol. The summed E-state index contributed by atoms with van der Waals surface area (Å²) in [5, 5.41) is 37.3. The number of rotatable bonds is 26. The maximum atomic E-state index is 15.0. The molecule has 460 valence electrons. The molecule has 1 saturated heterocycles. The van der Waals surface area contributed by atoms with E-state index in [2.05, 4.69) is 31.9 Å². The number of carbonyl (C=O) groups excluding carboxylic acids is 9. The van der Waals surface area contributed by atoms with Crippen molar-refractivity contribution < 1.29 is 62.8 Å². The zero-order valence-corrected chi connectivity index (χ0v) is 49.0. The Morgan fingerprint density at radius 2 is 1.24 bits per heavy atom. The average Bonchev–Trinajstić information content (AvgIpc) is 1.63. The third-order valence-electron chi connectivity index (χ3n) is 15.9. The lowest BCUT2D eigenvalue weighted by Crippen LogP contribution is -2.60. The molecule has 0 aliphatic carbocycles. The van der Waals surface area contributed by atoms with Gasteiger partial charge < -0.3 is 73.7 Å². The van der Waals surface area contributed by atoms with Crippen LogP contribution >= 0.6 is 0 Å². The number of fused-ring (bicyclic) bond motifs is 6. The summed E-state index contributed by atoms with van der Waals surface area (Å²) < 4.78 is 12.2. The van der Waals surface area contributed by atoms with Crippen molar-refractivity contribution in [2.75, 3.05) is 19.6 Å². The molecule has 0 radical (unpaired) electrons. The van der Waals surface area contributed by atoms with Gasteiger partial charge in [0.2, 0.25) is 41.4 Å². The Morgan fingerprint density at radius 1 is 0.655 bits per heavy atom. The highest BCUT2D eigenvalue weighted by Crippen LogP contribution is 2.57. The van der Waals surface area contributed by atoms with Crippen LogP contribution in [-0.2, 0) is 43.9 Å². The van der Waals surface area contributed by atoms with E-state index in [1.807, 2.05) is 0 Å². The van der Waals surface area contributed by atoms with E-state index in [9.17, 15) is 53.4 Å². The summed E-state index contributed by atoms with van der Waals surface area (Å²) in [6.07, 6.45) is 2.42. The van der Waals surface area contributed by atoms with Crippen LogP contribution in [0.15, 0.2) is 115 Å². The number of ether oxygens (including phenoxy) is 2. The van der Waals surface area contributed by atoms with E-state index in [1.165, 1.54) is 55.1 Å². The van der Waals surface area contributed by atoms with E-state index in [0.29, 0.717) is 53.6 Å². The monoisotopic (exact) mass is 1190 g/mol. The number of phenolic OH excluding ortho intramolecular Hbond substituents is 2. The topological polar surface area (TPSA) is 366 Å². The summed E-state index contributed by atoms with van der Waals surface area (Å²) in [7, 11) is 0. The van der Waals surface area contributed by atoms with Gasteiger partial charge in [-0.2, -0.15) is 0 Å². The molecule has 0 aromatic heterocycles. The second kappa shape index (κ2) is 28.2. The fraction of sp³-hybridized carbons (Fsp3) is 0.391. The number of phenols is 2. The van der Waals surface area contributed by atoms with Crippen LogP contribution in [0.5, 0.6) is 23.0 Å². The number of nitrogens with two attached hydrogens (primary N) is 3. The largest absolute Gasteiger partial charge is 0.508 e. The average molecular weight is 1190 g/mol. The lowest BCUT2D eigenvalue weighted by atomic mass is 9.77. The first-order valence-corrected chi connectivity index (χ1v) is 29.3. The highest BCUT2D eigenvalue weighted by molar-refractivity contribution is 6.02. The summed E-state index contributed by atoms with van der Waals surface area (Å²) in [5.41, 5.74) is 18.5. The minimum absolute atomic E-state index is 0.0106. The molecule has 87 heavy (non-hydrogen) atoms. The fourth-order valence-electron chi connectivity index (χ4n) is 11.3. The third kappa shape index (κ3) is 14.5. The molecule has 23 nitrogen and oxygen atoms in total. The van der Waals surface area contributed by atoms with Crippen LogP contribution in [0, 0.1) is 5.92 Å². The van der Waals surface area contributed by atoms with Gasteiger partial charge in [-0.05, 0) is 125 Å². The minimum atomic E-state index is -1.53. The highest BCUT2D eigenvalue weighted by Gasteiger charge is 2.54. The summed E-state index contributed by atoms with van der Waals surface area (Å²) in [6, 6.07) is 23.3. The second-order valence-electron chi connectivity index (χ2n) is 22.6. The number of aromatic hydroxyl groups is 2. The van der Waals surface area contributed by atoms with E-state index >= 15 is 0 Å². The molecule has 8 amide bonds. The van der Waals surface area contributed by atoms with Gasteiger partial charge in [0.1, 0.15) is 59.2 Å². The van der Waals surface area contributed by atoms with Crippen molar-refractivity contribution >= 4 is 53.2 Å². The number of primary amides is 1. The van der Waals surface area contributed by atoms with Crippen molar-refractivity contribution in [2.24, 2.45) is 23.1 Å². The van der Waals surface area contributed by atoms with Crippen molar-refractivity contribution in [3.8, 4) is 23.0 Å². The molecule has 1 fully saturated rings. The molecule has 7 atom stereocenters. The Hall–Kier alpha value is -9.35. The molecule has 0 bridgehead atoms. The van der Waals surface area contributed by atoms with Crippen molar-refractivity contribution in [2.45, 2.75) is 133 Å². The molecular formula is C64H76N10O13. The molecule has 23 heteroatoms. The number of hydrogen-bond acceptors (Lipinski definition) is 15. The molecule has 5 aromatic carbocycles. The Bertz CT molecular complexity index is 3290. The number of nitrogens with one attached hydrogen (secondary N) is 6. The molecule has 3 aliphatic rings. The van der Waals surface area contributed by atoms with E-state index < -0.39 is 107 Å². The number of likely N-dealkylation sites (tertiary alicyclic amines) is 1. The SMILES string of the molecule is CC(C)C(NC(=O)[C@H](C)N)C(=O)N1CCC[C@H]1C(=O)N[C@H](C(=O)N[C@@H](C)C(=O)N[C@@H](CCCCNC(=O)c1ccc2c(c1)C(=O)OC21c2ccc(O)cc2Oc2cc(O)ccc21)C(=O)N[C@@H](CCCCN)C(N)=O)C(c1ccccc1)c1ccccc1. The molecule has 3 heterocycles. The van der Waals surface area contributed by atoms with Crippen molar-refractivity contribution in [3.05, 3.63) is 154 Å². The molecule has 5 aromatic rings. The Labute approximate surface area is 503 Å². The van der Waals surface area contributed by atoms with Gasteiger partial charge in [-0.25, -0.2) is 4.79 Å². The number of benzene rings is 5. The van der Waals surface area contributed by atoms with Gasteiger partial charge in [0.15, 0.2) is 5.60 Å². The van der Waals surface area contributed by atoms with Gasteiger partial charge in [-0.1, -0.05) is 80.6 Å². The first kappa shape index (κ1) is 63.7. The number of nitrogens with zero attached hydrogens (tertiary/aromatic N) is 1. The maximum absolute atomic E-state index is 15.0. The molecule has 0 saturated carbocycles. The van der Waals surface area contributed by atoms with Gasteiger partial charge in [0, 0.05) is 53.4 Å². The third-order valence-corrected chi connectivity index (χ3v) is 15.9. The summed E-state index contributed by atoms with van der Waals surface area (Å²) in [6.45, 7) is 7.07. The quantitative estimate of drug-likeness (QED) is 0.0279. The van der Waals surface area contributed by atoms with Crippen LogP contribution in [0.4, 0.5) is 0 Å². The number of esters is 1. The van der Waals surface area contributed by atoms with Crippen molar-refractivity contribution in [1.29, 1.82) is 0 Å². The maximum Gasteiger partial charge on any atom is 0.340 e. The normalized spacial score (nSPS) is 16.5. The number of amides is 8. The Morgan fingerprint density at radius 3 is 1.83 bits per heavy atom. The minimum Gasteiger partial charge on any atom is -0.508 e. The van der Waals surface area contributed by atoms with Crippen LogP contribution in [0.3, 0.4) is 0 Å². The molecule has 1 unspecified atom stereocenters. The van der Waals surface area contributed by atoms with E-state index in [0.717, 1.165) is 0 Å². The van der Waals surface area contributed by atoms with E-state index in [4.69, 9.17) is 26.7 Å². The Kier molecular flexibility index (Phi) is 20.7. The summed E-state index contributed by atoms with van der Waals surface area (Å²) in [5.74, 6) is -7.00. The smallest absolute Gasteiger partial charge is 0.340 e. The fourth-order valence-corrected chi connectivity index (χ4v) is 11.3. The van der Waals surface area contributed by atoms with Gasteiger partial charge in [-0.15, -0.1) is 0 Å². The highest BCUT2D eigenvalue weighted by atomic mass is 16.6. The molecule has 8 rings (SSSR count).